The van der Waals surface area contributed by atoms with Gasteiger partial charge in [0, 0.05) is 6.04 Å². The predicted molar refractivity (Wildman–Crippen MR) is 74.7 cm³/mol. The largest absolute Gasteiger partial charge is 0.469 e. The molecular weight excluding hydrogens is 278 g/mol. The van der Waals surface area contributed by atoms with Crippen LogP contribution in [0.5, 0.6) is 0 Å². The van der Waals surface area contributed by atoms with Gasteiger partial charge in [0.2, 0.25) is 10.0 Å². The molecule has 0 amide bonds. The first-order valence-corrected chi connectivity index (χ1v) is 7.91. The summed E-state index contributed by atoms with van der Waals surface area (Å²) >= 11 is 0. The number of nitrogens with one attached hydrogen (secondary N) is 1. The summed E-state index contributed by atoms with van der Waals surface area (Å²) in [5.41, 5.74) is 0.764. The van der Waals surface area contributed by atoms with Crippen molar-refractivity contribution in [3.8, 4) is 0 Å². The van der Waals surface area contributed by atoms with E-state index in [1.165, 1.54) is 19.2 Å². The van der Waals surface area contributed by atoms with E-state index < -0.39 is 10.0 Å². The molecule has 1 aromatic rings. The first-order chi connectivity index (χ1) is 9.24. The second-order valence-corrected chi connectivity index (χ2v) is 7.48. The van der Waals surface area contributed by atoms with E-state index in [9.17, 15) is 13.2 Å². The first kappa shape index (κ1) is 15.0. The van der Waals surface area contributed by atoms with Gasteiger partial charge in [-0.15, -0.1) is 0 Å². The molecule has 0 radical (unpaired) electrons. The maximum atomic E-state index is 12.2. The summed E-state index contributed by atoms with van der Waals surface area (Å²) < 4.78 is 31.6. The number of ether oxygens (including phenoxy) is 1. The molecule has 1 atom stereocenters. The van der Waals surface area contributed by atoms with E-state index in [4.69, 9.17) is 0 Å². The van der Waals surface area contributed by atoms with Crippen LogP contribution >= 0.6 is 0 Å². The molecule has 0 saturated heterocycles. The van der Waals surface area contributed by atoms with Crippen molar-refractivity contribution in [2.45, 2.75) is 37.6 Å². The molecule has 1 aliphatic rings. The molecule has 0 heterocycles. The Morgan fingerprint density at radius 2 is 1.90 bits per heavy atom. The first-order valence-electron chi connectivity index (χ1n) is 6.43. The Labute approximate surface area is 119 Å². The second-order valence-electron chi connectivity index (χ2n) is 5.76. The Balaban J connectivity index is 2.07. The molecule has 0 bridgehead atoms. The molecule has 1 aliphatic carbocycles. The highest BCUT2D eigenvalue weighted by Crippen LogP contribution is 2.45. The standard InChI is InChI=1S/C14H19NO4S/c1-14(2)9-12(14)15-20(17,18)11-6-4-10(5-7-11)8-13(16)19-3/h4-7,12,15H,8-9H2,1-3H3. The van der Waals surface area contributed by atoms with Gasteiger partial charge < -0.3 is 4.74 Å². The molecule has 20 heavy (non-hydrogen) atoms. The molecule has 0 aliphatic heterocycles. The number of esters is 1. The summed E-state index contributed by atoms with van der Waals surface area (Å²) in [6.45, 7) is 4.05. The molecule has 1 N–H and O–H groups in total. The van der Waals surface area contributed by atoms with Gasteiger partial charge in [-0.05, 0) is 29.5 Å². The van der Waals surface area contributed by atoms with Crippen LogP contribution in [0.3, 0.4) is 0 Å². The van der Waals surface area contributed by atoms with Crippen molar-refractivity contribution >= 4 is 16.0 Å². The van der Waals surface area contributed by atoms with E-state index >= 15 is 0 Å². The third-order valence-electron chi connectivity index (χ3n) is 3.62. The summed E-state index contributed by atoms with van der Waals surface area (Å²) in [6, 6.07) is 6.28. The third-order valence-corrected chi connectivity index (χ3v) is 5.11. The fourth-order valence-electron chi connectivity index (χ4n) is 1.95. The van der Waals surface area contributed by atoms with Crippen LogP contribution < -0.4 is 4.72 Å². The lowest BCUT2D eigenvalue weighted by atomic mass is 10.2. The molecule has 1 fully saturated rings. The lowest BCUT2D eigenvalue weighted by Gasteiger charge is -2.08. The van der Waals surface area contributed by atoms with Crippen molar-refractivity contribution in [3.63, 3.8) is 0 Å². The van der Waals surface area contributed by atoms with Crippen molar-refractivity contribution in [1.82, 2.24) is 4.72 Å². The van der Waals surface area contributed by atoms with Gasteiger partial charge in [0.05, 0.1) is 18.4 Å². The smallest absolute Gasteiger partial charge is 0.309 e. The zero-order valence-corrected chi connectivity index (χ0v) is 12.7. The number of carbonyl (C=O) groups excluding carboxylic acids is 1. The van der Waals surface area contributed by atoms with Crippen LogP contribution in [0.2, 0.25) is 0 Å². The van der Waals surface area contributed by atoms with E-state index in [1.54, 1.807) is 12.1 Å². The number of benzene rings is 1. The molecule has 6 heteroatoms. The van der Waals surface area contributed by atoms with Crippen molar-refractivity contribution < 1.29 is 17.9 Å². The van der Waals surface area contributed by atoms with Gasteiger partial charge >= 0.3 is 5.97 Å². The topological polar surface area (TPSA) is 72.5 Å². The lowest BCUT2D eigenvalue weighted by molar-refractivity contribution is -0.139. The highest BCUT2D eigenvalue weighted by Gasteiger charge is 2.47. The van der Waals surface area contributed by atoms with Crippen LogP contribution in [0.1, 0.15) is 25.8 Å². The Morgan fingerprint density at radius 1 is 1.35 bits per heavy atom. The van der Waals surface area contributed by atoms with Crippen molar-refractivity contribution in [2.24, 2.45) is 5.41 Å². The molecule has 110 valence electrons. The lowest BCUT2D eigenvalue weighted by Crippen LogP contribution is -2.28. The van der Waals surface area contributed by atoms with E-state index in [1.807, 2.05) is 13.8 Å². The van der Waals surface area contributed by atoms with Gasteiger partial charge in [0.1, 0.15) is 0 Å². The Bertz CT molecular complexity index is 605. The molecule has 1 aromatic carbocycles. The van der Waals surface area contributed by atoms with Crippen LogP contribution in [-0.2, 0) is 26.0 Å². The molecule has 1 saturated carbocycles. The maximum Gasteiger partial charge on any atom is 0.309 e. The van der Waals surface area contributed by atoms with Gasteiger partial charge in [-0.3, -0.25) is 4.79 Å². The average Bonchev–Trinajstić information content (AvgIpc) is 2.96. The molecule has 2 rings (SSSR count). The quantitative estimate of drug-likeness (QED) is 0.836. The summed E-state index contributed by atoms with van der Waals surface area (Å²) in [7, 11) is -2.16. The molecule has 0 spiro atoms. The number of sulfonamides is 1. The number of hydrogen-bond donors (Lipinski definition) is 1. The molecule has 0 aromatic heterocycles. The van der Waals surface area contributed by atoms with Crippen LogP contribution in [-0.4, -0.2) is 27.5 Å². The highest BCUT2D eigenvalue weighted by atomic mass is 32.2. The Morgan fingerprint density at radius 3 is 2.35 bits per heavy atom. The average molecular weight is 297 g/mol. The van der Waals surface area contributed by atoms with Gasteiger partial charge in [0.15, 0.2) is 0 Å². The van der Waals surface area contributed by atoms with Gasteiger partial charge in [-0.1, -0.05) is 26.0 Å². The van der Waals surface area contributed by atoms with Crippen LogP contribution in [0, 0.1) is 5.41 Å². The van der Waals surface area contributed by atoms with Crippen LogP contribution in [0.25, 0.3) is 0 Å². The fourth-order valence-corrected chi connectivity index (χ4v) is 3.36. The van der Waals surface area contributed by atoms with Crippen LogP contribution in [0.15, 0.2) is 29.2 Å². The SMILES string of the molecule is COC(=O)Cc1ccc(S(=O)(=O)NC2CC2(C)C)cc1. The van der Waals surface area contributed by atoms with E-state index in [2.05, 4.69) is 9.46 Å². The summed E-state index contributed by atoms with van der Waals surface area (Å²) in [6.07, 6.45) is 0.993. The zero-order chi connectivity index (χ0) is 15.0. The summed E-state index contributed by atoms with van der Waals surface area (Å²) in [4.78, 5) is 11.4. The maximum absolute atomic E-state index is 12.2. The Kier molecular flexibility index (Phi) is 3.88. The minimum Gasteiger partial charge on any atom is -0.469 e. The number of rotatable bonds is 5. The minimum atomic E-state index is -3.49. The summed E-state index contributed by atoms with van der Waals surface area (Å²) in [5.74, 6) is -0.349. The van der Waals surface area contributed by atoms with E-state index in [-0.39, 0.29) is 28.7 Å². The molecule has 5 nitrogen and oxygen atoms in total. The third kappa shape index (κ3) is 3.37. The fraction of sp³-hybridized carbons (Fsp3) is 0.500. The normalized spacial score (nSPS) is 20.4. The molecular formula is C14H19NO4S. The van der Waals surface area contributed by atoms with Gasteiger partial charge in [0.25, 0.3) is 0 Å². The Hall–Kier alpha value is -1.40. The van der Waals surface area contributed by atoms with Crippen molar-refractivity contribution in [3.05, 3.63) is 29.8 Å². The van der Waals surface area contributed by atoms with E-state index in [0.29, 0.717) is 0 Å². The van der Waals surface area contributed by atoms with Gasteiger partial charge in [-0.2, -0.15) is 0 Å². The number of hydrogen-bond acceptors (Lipinski definition) is 4. The van der Waals surface area contributed by atoms with Crippen molar-refractivity contribution in [1.29, 1.82) is 0 Å². The monoisotopic (exact) mass is 297 g/mol. The predicted octanol–water partition coefficient (Wildman–Crippen LogP) is 1.48. The highest BCUT2D eigenvalue weighted by molar-refractivity contribution is 7.89. The minimum absolute atomic E-state index is 0.00208. The number of carbonyl (C=O) groups is 1. The number of methoxy groups -OCH3 is 1. The van der Waals surface area contributed by atoms with Gasteiger partial charge in [-0.25, -0.2) is 13.1 Å². The zero-order valence-electron chi connectivity index (χ0n) is 11.8. The van der Waals surface area contributed by atoms with Crippen LogP contribution in [0.4, 0.5) is 0 Å². The second kappa shape index (κ2) is 5.18. The summed E-state index contributed by atoms with van der Waals surface area (Å²) in [5, 5.41) is 0. The van der Waals surface area contributed by atoms with Crippen molar-refractivity contribution in [2.75, 3.05) is 7.11 Å². The van der Waals surface area contributed by atoms with E-state index in [0.717, 1.165) is 12.0 Å². The molecule has 1 unspecified atom stereocenters.